The van der Waals surface area contributed by atoms with Crippen LogP contribution in [0.3, 0.4) is 0 Å². The Balaban J connectivity index is 2.39. The van der Waals surface area contributed by atoms with Crippen molar-refractivity contribution in [2.45, 2.75) is 6.10 Å². The predicted molar refractivity (Wildman–Crippen MR) is 69.6 cm³/mol. The number of aliphatic hydroxyl groups excluding tert-OH is 1. The van der Waals surface area contributed by atoms with Crippen LogP contribution in [0.2, 0.25) is 5.02 Å². The molecular weight excluding hydrogens is 378 g/mol. The van der Waals surface area contributed by atoms with Gasteiger partial charge in [0.25, 0.3) is 0 Å². The van der Waals surface area contributed by atoms with Gasteiger partial charge in [0.1, 0.15) is 17.7 Å². The van der Waals surface area contributed by atoms with E-state index >= 15 is 0 Å². The van der Waals surface area contributed by atoms with E-state index in [-0.39, 0.29) is 16.3 Å². The van der Waals surface area contributed by atoms with E-state index < -0.39 is 11.9 Å². The molecule has 0 bridgehead atoms. The second-order valence-electron chi connectivity index (χ2n) is 3.34. The second kappa shape index (κ2) is 5.10. The summed E-state index contributed by atoms with van der Waals surface area (Å²) in [6.45, 7) is 0. The van der Waals surface area contributed by atoms with Gasteiger partial charge in [-0.2, -0.15) is 0 Å². The lowest BCUT2D eigenvalue weighted by atomic mass is 10.1. The van der Waals surface area contributed by atoms with Gasteiger partial charge in [0.05, 0.1) is 4.47 Å². The first-order valence-electron chi connectivity index (χ1n) is 4.57. The van der Waals surface area contributed by atoms with Crippen molar-refractivity contribution in [2.75, 3.05) is 0 Å². The zero-order valence-corrected chi connectivity index (χ0v) is 12.2. The highest BCUT2D eigenvalue weighted by Gasteiger charge is 2.20. The smallest absolute Gasteiger partial charge is 0.183 e. The van der Waals surface area contributed by atoms with Crippen molar-refractivity contribution in [3.63, 3.8) is 0 Å². The molecule has 0 aliphatic rings. The Morgan fingerprint density at radius 2 is 2.00 bits per heavy atom. The predicted octanol–water partition coefficient (Wildman–Crippen LogP) is 4.68. The summed E-state index contributed by atoms with van der Waals surface area (Å²) < 4.78 is 19.9. The summed E-state index contributed by atoms with van der Waals surface area (Å²) in [4.78, 5) is 0. The molecule has 1 aromatic heterocycles. The van der Waals surface area contributed by atoms with Crippen LogP contribution in [0, 0.1) is 5.82 Å². The summed E-state index contributed by atoms with van der Waals surface area (Å²) in [5, 5.41) is 10.3. The van der Waals surface area contributed by atoms with E-state index in [4.69, 9.17) is 16.0 Å². The monoisotopic (exact) mass is 382 g/mol. The third kappa shape index (κ3) is 2.73. The van der Waals surface area contributed by atoms with Crippen LogP contribution < -0.4 is 0 Å². The Labute approximate surface area is 119 Å². The van der Waals surface area contributed by atoms with Crippen LogP contribution in [0.25, 0.3) is 0 Å². The van der Waals surface area contributed by atoms with Gasteiger partial charge >= 0.3 is 0 Å². The van der Waals surface area contributed by atoms with Crippen LogP contribution in [0.1, 0.15) is 17.4 Å². The van der Waals surface area contributed by atoms with Crippen molar-refractivity contribution >= 4 is 43.5 Å². The summed E-state index contributed by atoms with van der Waals surface area (Å²) in [6.07, 6.45) is -1.17. The van der Waals surface area contributed by atoms with Gasteiger partial charge < -0.3 is 9.52 Å². The van der Waals surface area contributed by atoms with E-state index in [1.165, 1.54) is 12.1 Å². The maximum Gasteiger partial charge on any atom is 0.183 e. The number of rotatable bonds is 2. The quantitative estimate of drug-likeness (QED) is 0.816. The van der Waals surface area contributed by atoms with Crippen molar-refractivity contribution < 1.29 is 13.9 Å². The molecule has 2 rings (SSSR count). The number of benzene rings is 1. The second-order valence-corrected chi connectivity index (χ2v) is 5.35. The van der Waals surface area contributed by atoms with Crippen LogP contribution in [0.5, 0.6) is 0 Å². The number of halogens is 4. The fraction of sp³-hybridized carbons (Fsp3) is 0.0909. The lowest BCUT2D eigenvalue weighted by Gasteiger charge is -2.09. The molecule has 6 heteroatoms. The first kappa shape index (κ1) is 13.1. The fourth-order valence-corrected chi connectivity index (χ4v) is 2.14. The van der Waals surface area contributed by atoms with Crippen LogP contribution in [-0.4, -0.2) is 5.11 Å². The molecule has 2 nitrogen and oxygen atoms in total. The highest BCUT2D eigenvalue weighted by atomic mass is 79.9. The average molecular weight is 384 g/mol. The molecule has 0 saturated heterocycles. The van der Waals surface area contributed by atoms with Gasteiger partial charge in [-0.15, -0.1) is 0 Å². The maximum atomic E-state index is 13.6. The molecule has 1 atom stereocenters. The van der Waals surface area contributed by atoms with Gasteiger partial charge in [0.15, 0.2) is 4.67 Å². The molecule has 17 heavy (non-hydrogen) atoms. The van der Waals surface area contributed by atoms with Gasteiger partial charge in [-0.05, 0) is 50.1 Å². The molecule has 0 radical (unpaired) electrons. The third-order valence-corrected chi connectivity index (χ3v) is 4.14. The van der Waals surface area contributed by atoms with Gasteiger partial charge in [-0.1, -0.05) is 17.7 Å². The molecule has 2 aromatic rings. The fourth-order valence-electron chi connectivity index (χ4n) is 1.37. The third-order valence-electron chi connectivity index (χ3n) is 2.19. The zero-order valence-electron chi connectivity index (χ0n) is 8.25. The summed E-state index contributed by atoms with van der Waals surface area (Å²) >= 11 is 12.0. The first-order chi connectivity index (χ1) is 7.99. The Morgan fingerprint density at radius 3 is 2.53 bits per heavy atom. The van der Waals surface area contributed by atoms with Gasteiger partial charge in [0.2, 0.25) is 0 Å². The molecule has 1 aromatic carbocycles. The minimum absolute atomic E-state index is 0.114. The first-order valence-corrected chi connectivity index (χ1v) is 6.53. The van der Waals surface area contributed by atoms with Gasteiger partial charge in [-0.25, -0.2) is 4.39 Å². The number of hydrogen-bond acceptors (Lipinski definition) is 2. The molecule has 1 heterocycles. The van der Waals surface area contributed by atoms with E-state index in [1.807, 2.05) is 0 Å². The SMILES string of the molecule is OC(c1cc(Br)c(Br)o1)c1ccc(Cl)cc1F. The molecule has 0 fully saturated rings. The lowest BCUT2D eigenvalue weighted by Crippen LogP contribution is -2.01. The van der Waals surface area contributed by atoms with E-state index in [1.54, 1.807) is 6.07 Å². The Hall–Kier alpha value is -0.360. The van der Waals surface area contributed by atoms with Crippen molar-refractivity contribution in [1.82, 2.24) is 0 Å². The standard InChI is InChI=1S/C11H6Br2ClFO2/c12-7-4-9(17-11(7)13)10(16)6-2-1-5(14)3-8(6)15/h1-4,10,16H. The van der Waals surface area contributed by atoms with Crippen molar-refractivity contribution in [1.29, 1.82) is 0 Å². The number of furan rings is 1. The highest BCUT2D eigenvalue weighted by Crippen LogP contribution is 2.33. The van der Waals surface area contributed by atoms with Crippen LogP contribution in [-0.2, 0) is 0 Å². The molecular formula is C11H6Br2ClFO2. The summed E-state index contributed by atoms with van der Waals surface area (Å²) in [7, 11) is 0. The Bertz CT molecular complexity index is 537. The van der Waals surface area contributed by atoms with Crippen molar-refractivity contribution in [3.8, 4) is 0 Å². The Morgan fingerprint density at radius 1 is 1.29 bits per heavy atom. The van der Waals surface area contributed by atoms with Crippen molar-refractivity contribution in [2.24, 2.45) is 0 Å². The molecule has 0 aliphatic heterocycles. The van der Waals surface area contributed by atoms with Gasteiger partial charge in [0, 0.05) is 10.6 Å². The topological polar surface area (TPSA) is 33.4 Å². The van der Waals surface area contributed by atoms with E-state index in [0.29, 0.717) is 9.14 Å². The normalized spacial score (nSPS) is 12.8. The van der Waals surface area contributed by atoms with E-state index in [0.717, 1.165) is 6.07 Å². The average Bonchev–Trinajstić information content (AvgIpc) is 2.58. The van der Waals surface area contributed by atoms with Crippen LogP contribution >= 0.6 is 43.5 Å². The molecule has 1 N–H and O–H groups in total. The summed E-state index contributed by atoms with van der Waals surface area (Å²) in [5.41, 5.74) is 0.114. The minimum atomic E-state index is -1.17. The molecule has 90 valence electrons. The molecule has 0 saturated carbocycles. The Kier molecular flexibility index (Phi) is 3.92. The maximum absolute atomic E-state index is 13.6. The van der Waals surface area contributed by atoms with E-state index in [2.05, 4.69) is 31.9 Å². The summed E-state index contributed by atoms with van der Waals surface area (Å²) in [5.74, 6) is -0.335. The largest absolute Gasteiger partial charge is 0.450 e. The minimum Gasteiger partial charge on any atom is -0.450 e. The summed E-state index contributed by atoms with van der Waals surface area (Å²) in [6, 6.07) is 5.65. The van der Waals surface area contributed by atoms with Crippen LogP contribution in [0.15, 0.2) is 37.8 Å². The number of hydrogen-bond donors (Lipinski definition) is 1. The van der Waals surface area contributed by atoms with Crippen molar-refractivity contribution in [3.05, 3.63) is 55.6 Å². The molecule has 0 spiro atoms. The lowest BCUT2D eigenvalue weighted by molar-refractivity contribution is 0.183. The highest BCUT2D eigenvalue weighted by molar-refractivity contribution is 9.13. The van der Waals surface area contributed by atoms with Crippen LogP contribution in [0.4, 0.5) is 4.39 Å². The zero-order chi connectivity index (χ0) is 12.6. The molecule has 0 aliphatic carbocycles. The van der Waals surface area contributed by atoms with Gasteiger partial charge in [-0.3, -0.25) is 0 Å². The number of aliphatic hydroxyl groups is 1. The molecule has 1 unspecified atom stereocenters. The van der Waals surface area contributed by atoms with E-state index in [9.17, 15) is 9.50 Å². The molecule has 0 amide bonds.